The van der Waals surface area contributed by atoms with Gasteiger partial charge in [-0.2, -0.15) is 4.98 Å². The summed E-state index contributed by atoms with van der Waals surface area (Å²) in [6, 6.07) is 16.5. The molecule has 0 saturated carbocycles. The molecule has 0 unspecified atom stereocenters. The monoisotopic (exact) mass is 683 g/mol. The van der Waals surface area contributed by atoms with E-state index in [2.05, 4.69) is 15.2 Å². The van der Waals surface area contributed by atoms with Crippen LogP contribution >= 0.6 is 7.44 Å². The average molecular weight is 684 g/mol. The third kappa shape index (κ3) is 10.8. The van der Waals surface area contributed by atoms with Crippen LogP contribution in [0.1, 0.15) is 56.0 Å². The Kier molecular flexibility index (Phi) is 13.9. The molecular formula is C34H46N5O8P. The second kappa shape index (κ2) is 18.0. The van der Waals surface area contributed by atoms with Crippen molar-refractivity contribution >= 4 is 25.2 Å². The minimum atomic E-state index is -3.92. The number of hydrogen-bond acceptors (Lipinski definition) is 10. The van der Waals surface area contributed by atoms with Crippen molar-refractivity contribution in [3.05, 3.63) is 94.0 Å². The van der Waals surface area contributed by atoms with E-state index in [1.165, 1.54) is 4.57 Å². The van der Waals surface area contributed by atoms with E-state index in [-0.39, 0.29) is 44.9 Å². The maximum Gasteiger partial charge on any atom is 0.351 e. The van der Waals surface area contributed by atoms with Crippen LogP contribution in [0.25, 0.3) is 0 Å². The lowest BCUT2D eigenvalue weighted by molar-refractivity contribution is -0.146. The minimum absolute atomic E-state index is 0.110. The number of nitrogens with one attached hydrogen (secondary N) is 2. The summed E-state index contributed by atoms with van der Waals surface area (Å²) in [6.07, 6.45) is 1.80. The first-order chi connectivity index (χ1) is 23.1. The fraction of sp³-hybridized carbons (Fsp3) is 0.471. The normalized spacial score (nSPS) is 17.5. The van der Waals surface area contributed by atoms with E-state index < -0.39 is 55.8 Å². The maximum atomic E-state index is 14.9. The van der Waals surface area contributed by atoms with Crippen LogP contribution < -0.4 is 21.6 Å². The van der Waals surface area contributed by atoms with Crippen molar-refractivity contribution in [3.63, 3.8) is 0 Å². The Morgan fingerprint density at radius 3 is 1.98 bits per heavy atom. The van der Waals surface area contributed by atoms with Gasteiger partial charge in [-0.1, -0.05) is 74.5 Å². The molecule has 14 heteroatoms. The van der Waals surface area contributed by atoms with Gasteiger partial charge in [0.15, 0.2) is 0 Å². The Balaban J connectivity index is 1.60. The molecule has 0 bridgehead atoms. The van der Waals surface area contributed by atoms with E-state index in [0.717, 1.165) is 11.1 Å². The van der Waals surface area contributed by atoms with Gasteiger partial charge >= 0.3 is 17.6 Å². The molecule has 1 aliphatic heterocycles. The van der Waals surface area contributed by atoms with Gasteiger partial charge < -0.3 is 24.7 Å². The lowest BCUT2D eigenvalue weighted by Gasteiger charge is -2.29. The molecular weight excluding hydrogens is 637 g/mol. The molecule has 2 heterocycles. The predicted molar refractivity (Wildman–Crippen MR) is 181 cm³/mol. The number of nitrogen functional groups attached to an aromatic ring is 1. The van der Waals surface area contributed by atoms with E-state index in [9.17, 15) is 18.9 Å². The molecule has 0 aliphatic carbocycles. The Bertz CT molecular complexity index is 1520. The van der Waals surface area contributed by atoms with E-state index in [1.807, 2.05) is 74.5 Å². The summed E-state index contributed by atoms with van der Waals surface area (Å²) >= 11 is 0. The van der Waals surface area contributed by atoms with Crippen LogP contribution in [0.15, 0.2) is 71.7 Å². The smallest absolute Gasteiger partial charge is 0.351 e. The molecule has 1 saturated heterocycles. The van der Waals surface area contributed by atoms with Gasteiger partial charge in [0, 0.05) is 18.2 Å². The molecule has 3 aromatic rings. The van der Waals surface area contributed by atoms with Gasteiger partial charge in [0.1, 0.15) is 30.5 Å². The number of hydrogen-bond donors (Lipinski definition) is 3. The van der Waals surface area contributed by atoms with Crippen LogP contribution in [0.2, 0.25) is 0 Å². The summed E-state index contributed by atoms with van der Waals surface area (Å²) in [6.45, 7) is 6.01. The molecule has 4 rings (SSSR count). The van der Waals surface area contributed by atoms with Crippen molar-refractivity contribution in [2.75, 3.05) is 31.9 Å². The molecule has 1 fully saturated rings. The fourth-order valence-electron chi connectivity index (χ4n) is 5.17. The molecule has 48 heavy (non-hydrogen) atoms. The quantitative estimate of drug-likeness (QED) is 0.131. The number of benzene rings is 2. The lowest BCUT2D eigenvalue weighted by Crippen LogP contribution is -2.47. The molecule has 1 aliphatic rings. The minimum Gasteiger partial charge on any atom is -0.465 e. The Labute approximate surface area is 281 Å². The van der Waals surface area contributed by atoms with E-state index >= 15 is 0 Å². The summed E-state index contributed by atoms with van der Waals surface area (Å²) in [5.41, 5.74) is 7.50. The zero-order valence-electron chi connectivity index (χ0n) is 27.7. The lowest BCUT2D eigenvalue weighted by atomic mass is 10.1. The standard InChI is InChI=1S/C34H46N5O8P/c1-4-16-44-32(40)28(18-25-12-8-6-9-13-25)37-48(43,38-29(33(41)45-17-5-2)19-26-14-10-7-11-15-26)23-47-27-20-30(46-22-27)39-21-24(3)31(35)36-34(39)42/h6-15,21,27-30H,4-5,16-20,22-23H2,1-3H3,(H2,35,36,42)(H2,37,38,43)/t27-,28+,29+,30-/m1/s1. The Hall–Kier alpha value is -3.87. The Morgan fingerprint density at radius 2 is 1.48 bits per heavy atom. The highest BCUT2D eigenvalue weighted by Gasteiger charge is 2.38. The summed E-state index contributed by atoms with van der Waals surface area (Å²) in [7, 11) is -3.92. The highest BCUT2D eigenvalue weighted by molar-refractivity contribution is 7.59. The van der Waals surface area contributed by atoms with Crippen LogP contribution in [0.3, 0.4) is 0 Å². The molecule has 260 valence electrons. The largest absolute Gasteiger partial charge is 0.465 e. The number of anilines is 1. The maximum absolute atomic E-state index is 14.9. The highest BCUT2D eigenvalue weighted by atomic mass is 31.2. The second-order valence-electron chi connectivity index (χ2n) is 11.8. The average Bonchev–Trinajstić information content (AvgIpc) is 3.56. The van der Waals surface area contributed by atoms with E-state index in [0.29, 0.717) is 18.4 Å². The van der Waals surface area contributed by atoms with Gasteiger partial charge in [-0.25, -0.2) is 15.0 Å². The molecule has 0 spiro atoms. The van der Waals surface area contributed by atoms with Crippen LogP contribution in [0.5, 0.6) is 0 Å². The van der Waals surface area contributed by atoms with E-state index in [1.54, 1.807) is 13.1 Å². The van der Waals surface area contributed by atoms with Gasteiger partial charge in [0.2, 0.25) is 7.44 Å². The van der Waals surface area contributed by atoms with Gasteiger partial charge in [-0.3, -0.25) is 18.7 Å². The number of aryl methyl sites for hydroxylation is 1. The molecule has 4 N–H and O–H groups in total. The number of nitrogens with zero attached hydrogens (tertiary/aromatic N) is 2. The van der Waals surface area contributed by atoms with Crippen molar-refractivity contribution < 1.29 is 33.1 Å². The van der Waals surface area contributed by atoms with Crippen molar-refractivity contribution in [1.29, 1.82) is 0 Å². The van der Waals surface area contributed by atoms with Crippen LogP contribution in [0, 0.1) is 6.92 Å². The summed E-state index contributed by atoms with van der Waals surface area (Å²) in [5, 5.41) is 6.04. The number of rotatable bonds is 18. The Morgan fingerprint density at radius 1 is 0.958 bits per heavy atom. The molecule has 4 atom stereocenters. The zero-order valence-corrected chi connectivity index (χ0v) is 28.6. The molecule has 1 aromatic heterocycles. The van der Waals surface area contributed by atoms with Crippen molar-refractivity contribution in [2.45, 2.75) is 77.3 Å². The van der Waals surface area contributed by atoms with Crippen molar-refractivity contribution in [1.82, 2.24) is 19.7 Å². The third-order valence-electron chi connectivity index (χ3n) is 7.68. The predicted octanol–water partition coefficient (Wildman–Crippen LogP) is 3.90. The second-order valence-corrected chi connectivity index (χ2v) is 14.0. The topological polar surface area (TPSA) is 173 Å². The first-order valence-corrected chi connectivity index (χ1v) is 18.1. The van der Waals surface area contributed by atoms with E-state index in [4.69, 9.17) is 24.7 Å². The first-order valence-electron chi connectivity index (χ1n) is 16.2. The summed E-state index contributed by atoms with van der Waals surface area (Å²) < 4.78 is 39.3. The van der Waals surface area contributed by atoms with Crippen LogP contribution in [0.4, 0.5) is 5.82 Å². The van der Waals surface area contributed by atoms with Crippen molar-refractivity contribution in [2.24, 2.45) is 0 Å². The highest BCUT2D eigenvalue weighted by Crippen LogP contribution is 2.40. The molecule has 2 aromatic carbocycles. The van der Waals surface area contributed by atoms with Gasteiger partial charge in [-0.15, -0.1) is 0 Å². The number of carbonyl (C=O) groups excluding carboxylic acids is 2. The number of carbonyl (C=O) groups is 2. The molecule has 0 radical (unpaired) electrons. The summed E-state index contributed by atoms with van der Waals surface area (Å²) in [5.74, 6) is -1.01. The zero-order chi connectivity index (χ0) is 34.5. The number of esters is 2. The van der Waals surface area contributed by atoms with Gasteiger partial charge in [0.25, 0.3) is 0 Å². The molecule has 13 nitrogen and oxygen atoms in total. The SMILES string of the molecule is CCCOC(=O)[C@H](Cc1ccccc1)NP(=O)(CO[C@H]1CO[C@@H](n2cc(C)c(N)nc2=O)C1)N[C@@H](Cc1ccccc1)C(=O)OCCC. The van der Waals surface area contributed by atoms with Crippen molar-refractivity contribution in [3.8, 4) is 0 Å². The number of nitrogens with two attached hydrogens (primary N) is 1. The summed E-state index contributed by atoms with van der Waals surface area (Å²) in [4.78, 5) is 43.1. The van der Waals surface area contributed by atoms with Gasteiger partial charge in [0.05, 0.1) is 25.9 Å². The fourth-order valence-corrected chi connectivity index (χ4v) is 7.21. The molecule has 0 amide bonds. The van der Waals surface area contributed by atoms with Gasteiger partial charge in [-0.05, 0) is 43.7 Å². The third-order valence-corrected chi connectivity index (χ3v) is 9.65. The number of aromatic nitrogens is 2. The first kappa shape index (κ1) is 37.0. The number of ether oxygens (including phenoxy) is 4. The van der Waals surface area contributed by atoms with Crippen LogP contribution in [-0.2, 0) is 45.9 Å². The van der Waals surface area contributed by atoms with Crippen LogP contribution in [-0.4, -0.2) is 65.8 Å².